The van der Waals surface area contributed by atoms with Gasteiger partial charge in [-0.3, -0.25) is 0 Å². The molecule has 2 aliphatic heterocycles. The molecule has 0 saturated carbocycles. The molecule has 1 atom stereocenters. The van der Waals surface area contributed by atoms with E-state index in [2.05, 4.69) is 22.5 Å². The first-order valence-electron chi connectivity index (χ1n) is 11.2. The van der Waals surface area contributed by atoms with Crippen LogP contribution in [0.4, 0.5) is 14.5 Å². The normalized spacial score (nSPS) is 19.4. The average Bonchev–Trinajstić information content (AvgIpc) is 2.80. The highest BCUT2D eigenvalue weighted by Gasteiger charge is 2.26. The molecule has 1 fully saturated rings. The number of nitrogens with one attached hydrogen (secondary N) is 3. The Kier molecular flexibility index (Phi) is 6.74. The first-order valence-corrected chi connectivity index (χ1v) is 11.2. The third-order valence-corrected chi connectivity index (χ3v) is 6.48. The number of benzene rings is 2. The van der Waals surface area contributed by atoms with Gasteiger partial charge in [0.15, 0.2) is 11.6 Å². The van der Waals surface area contributed by atoms with Crippen LogP contribution < -0.4 is 20.3 Å². The second-order valence-corrected chi connectivity index (χ2v) is 8.55. The molecule has 4 rings (SSSR count). The quantitative estimate of drug-likeness (QED) is 0.562. The van der Waals surface area contributed by atoms with Crippen LogP contribution >= 0.6 is 0 Å². The number of allylic oxidation sites excluding steroid dienone is 1. The lowest BCUT2D eigenvalue weighted by atomic mass is 9.92. The van der Waals surface area contributed by atoms with E-state index in [1.807, 2.05) is 25.4 Å². The molecule has 2 aromatic rings. The predicted octanol–water partition coefficient (Wildman–Crippen LogP) is 4.86. The van der Waals surface area contributed by atoms with Crippen molar-refractivity contribution in [3.05, 3.63) is 59.3 Å². The van der Waals surface area contributed by atoms with Crippen molar-refractivity contribution in [3.63, 3.8) is 0 Å². The van der Waals surface area contributed by atoms with Crippen LogP contribution in [0.25, 0.3) is 5.57 Å². The number of anilines is 1. The highest BCUT2D eigenvalue weighted by molar-refractivity contribution is 6.09. The summed E-state index contributed by atoms with van der Waals surface area (Å²) in [5.74, 6) is -0.907. The summed E-state index contributed by atoms with van der Waals surface area (Å²) in [6.07, 6.45) is 6.89. The van der Waals surface area contributed by atoms with Gasteiger partial charge < -0.3 is 25.7 Å². The molecule has 0 aromatic heterocycles. The van der Waals surface area contributed by atoms with Crippen LogP contribution in [0.3, 0.4) is 0 Å². The maximum atomic E-state index is 14.5. The van der Waals surface area contributed by atoms with E-state index >= 15 is 0 Å². The summed E-state index contributed by atoms with van der Waals surface area (Å²) < 4.78 is 34.0. The van der Waals surface area contributed by atoms with Crippen molar-refractivity contribution in [1.29, 1.82) is 5.41 Å². The second-order valence-electron chi connectivity index (χ2n) is 8.55. The Morgan fingerprint density at radius 2 is 1.97 bits per heavy atom. The summed E-state index contributed by atoms with van der Waals surface area (Å²) >= 11 is 0. The molecule has 2 heterocycles. The van der Waals surface area contributed by atoms with Crippen LogP contribution in [0.15, 0.2) is 36.5 Å². The van der Waals surface area contributed by atoms with Crippen molar-refractivity contribution < 1.29 is 13.5 Å². The second kappa shape index (κ2) is 9.69. The molecule has 170 valence electrons. The molecule has 3 N–H and O–H groups in total. The summed E-state index contributed by atoms with van der Waals surface area (Å²) in [6, 6.07) is 8.00. The van der Waals surface area contributed by atoms with Crippen LogP contribution in [-0.4, -0.2) is 38.4 Å². The van der Waals surface area contributed by atoms with Gasteiger partial charge in [0.25, 0.3) is 0 Å². The van der Waals surface area contributed by atoms with Crippen molar-refractivity contribution >= 4 is 17.5 Å². The van der Waals surface area contributed by atoms with E-state index in [1.165, 1.54) is 18.3 Å². The van der Waals surface area contributed by atoms with Crippen LogP contribution in [0, 0.1) is 17.0 Å². The molecule has 0 aliphatic carbocycles. The maximum absolute atomic E-state index is 14.5. The Morgan fingerprint density at radius 3 is 2.69 bits per heavy atom. The molecule has 1 saturated heterocycles. The fourth-order valence-corrected chi connectivity index (χ4v) is 4.38. The zero-order valence-electron chi connectivity index (χ0n) is 18.6. The smallest absolute Gasteiger partial charge is 0.168 e. The topological polar surface area (TPSA) is 60.4 Å². The van der Waals surface area contributed by atoms with Crippen molar-refractivity contribution in [3.8, 4) is 11.5 Å². The summed E-state index contributed by atoms with van der Waals surface area (Å²) in [5, 5.41) is 14.8. The van der Waals surface area contributed by atoms with Gasteiger partial charge in [-0.15, -0.1) is 0 Å². The van der Waals surface area contributed by atoms with Crippen LogP contribution in [-0.2, 0) is 6.42 Å². The fraction of sp³-hybridized carbons (Fsp3) is 0.400. The minimum atomic E-state index is -0.751. The monoisotopic (exact) mass is 440 g/mol. The van der Waals surface area contributed by atoms with Gasteiger partial charge in [-0.05, 0) is 70.0 Å². The fourth-order valence-electron chi connectivity index (χ4n) is 4.38. The minimum absolute atomic E-state index is 0.0297. The summed E-state index contributed by atoms with van der Waals surface area (Å²) in [7, 11) is 2.04. The molecule has 1 unspecified atom stereocenters. The molecule has 0 spiro atoms. The van der Waals surface area contributed by atoms with Crippen LogP contribution in [0.1, 0.15) is 37.3 Å². The highest BCUT2D eigenvalue weighted by atomic mass is 19.1. The molecule has 0 amide bonds. The van der Waals surface area contributed by atoms with E-state index in [-0.39, 0.29) is 5.75 Å². The van der Waals surface area contributed by atoms with Crippen molar-refractivity contribution in [1.82, 2.24) is 10.6 Å². The lowest BCUT2D eigenvalue weighted by Crippen LogP contribution is -2.37. The van der Waals surface area contributed by atoms with Gasteiger partial charge >= 0.3 is 0 Å². The average molecular weight is 441 g/mol. The lowest BCUT2D eigenvalue weighted by Gasteiger charge is -2.35. The Morgan fingerprint density at radius 1 is 1.19 bits per heavy atom. The molecule has 2 aromatic carbocycles. The minimum Gasteiger partial charge on any atom is -0.453 e. The molecule has 32 heavy (non-hydrogen) atoms. The van der Waals surface area contributed by atoms with E-state index in [0.717, 1.165) is 56.1 Å². The van der Waals surface area contributed by atoms with E-state index < -0.39 is 11.6 Å². The number of hydrogen-bond donors (Lipinski definition) is 3. The van der Waals surface area contributed by atoms with Gasteiger partial charge in [-0.1, -0.05) is 0 Å². The maximum Gasteiger partial charge on any atom is 0.168 e. The SMILES string of the molecule is CC1CCc2c(ccc(/C(C=N)=C/NC3CCNCC3)c2Oc2ccc(F)cc2F)N1C. The molecule has 5 nitrogen and oxygen atoms in total. The Balaban J connectivity index is 1.76. The first-order chi connectivity index (χ1) is 15.5. The molecule has 0 radical (unpaired) electrons. The van der Waals surface area contributed by atoms with Crippen LogP contribution in [0.5, 0.6) is 11.5 Å². The van der Waals surface area contributed by atoms with E-state index in [0.29, 0.717) is 29.0 Å². The van der Waals surface area contributed by atoms with Crippen molar-refractivity contribution in [2.45, 2.75) is 44.7 Å². The summed E-state index contributed by atoms with van der Waals surface area (Å²) in [4.78, 5) is 2.19. The van der Waals surface area contributed by atoms with Crippen molar-refractivity contribution in [2.75, 3.05) is 25.0 Å². The Bertz CT molecular complexity index is 1020. The Labute approximate surface area is 188 Å². The number of fused-ring (bicyclic) bond motifs is 1. The standard InChI is InChI=1S/C25H30F2N4O/c1-16-3-5-21-23(31(16)2)7-6-20(17(14-28)15-30-19-9-11-29-12-10-19)25(21)32-24-8-4-18(26)13-22(24)27/h4,6-8,13-16,19,28-30H,3,5,9-12H2,1-2H3/b17-15+,28-14?. The zero-order chi connectivity index (χ0) is 22.7. The first kappa shape index (κ1) is 22.3. The van der Waals surface area contributed by atoms with E-state index in [9.17, 15) is 8.78 Å². The highest BCUT2D eigenvalue weighted by Crippen LogP contribution is 2.42. The predicted molar refractivity (Wildman–Crippen MR) is 125 cm³/mol. The third kappa shape index (κ3) is 4.63. The molecule has 7 heteroatoms. The largest absolute Gasteiger partial charge is 0.453 e. The number of halogens is 2. The van der Waals surface area contributed by atoms with Gasteiger partial charge in [0, 0.05) is 60.0 Å². The molecule has 2 aliphatic rings. The van der Waals surface area contributed by atoms with Gasteiger partial charge in [0.1, 0.15) is 11.6 Å². The van der Waals surface area contributed by atoms with Crippen molar-refractivity contribution in [2.24, 2.45) is 0 Å². The van der Waals surface area contributed by atoms with E-state index in [4.69, 9.17) is 10.1 Å². The zero-order valence-corrected chi connectivity index (χ0v) is 18.6. The Hall–Kier alpha value is -2.93. The van der Waals surface area contributed by atoms with Gasteiger partial charge in [-0.2, -0.15) is 0 Å². The number of hydrogen-bond acceptors (Lipinski definition) is 5. The molecule has 0 bridgehead atoms. The summed E-state index contributed by atoms with van der Waals surface area (Å²) in [6.45, 7) is 4.10. The third-order valence-electron chi connectivity index (χ3n) is 6.48. The summed E-state index contributed by atoms with van der Waals surface area (Å²) in [5.41, 5.74) is 3.37. The van der Waals surface area contributed by atoms with Gasteiger partial charge in [0.05, 0.1) is 0 Å². The number of piperidine rings is 1. The van der Waals surface area contributed by atoms with Gasteiger partial charge in [-0.25, -0.2) is 8.78 Å². The number of nitrogens with zero attached hydrogens (tertiary/aromatic N) is 1. The van der Waals surface area contributed by atoms with E-state index in [1.54, 1.807) is 0 Å². The number of ether oxygens (including phenoxy) is 1. The molecular weight excluding hydrogens is 410 g/mol. The van der Waals surface area contributed by atoms with Crippen LogP contribution in [0.2, 0.25) is 0 Å². The van der Waals surface area contributed by atoms with Gasteiger partial charge in [0.2, 0.25) is 0 Å². The molecular formula is C25H30F2N4O. The lowest BCUT2D eigenvalue weighted by molar-refractivity contribution is 0.420. The number of rotatable bonds is 6.